The first-order valence-corrected chi connectivity index (χ1v) is 6.87. The molecule has 1 saturated heterocycles. The summed E-state index contributed by atoms with van der Waals surface area (Å²) in [5, 5.41) is 36.6. The van der Waals surface area contributed by atoms with Gasteiger partial charge in [-0.25, -0.2) is 14.4 Å². The number of nitrogens with zero attached hydrogens (tertiary/aromatic N) is 2. The molecule has 4 N–H and O–H groups in total. The summed E-state index contributed by atoms with van der Waals surface area (Å²) in [5.41, 5.74) is 0.0508. The fraction of sp³-hybridized carbons (Fsp3) is 0.429. The van der Waals surface area contributed by atoms with E-state index in [1.165, 1.54) is 23.3 Å². The third-order valence-corrected chi connectivity index (χ3v) is 3.63. The van der Waals surface area contributed by atoms with Crippen LogP contribution >= 0.6 is 0 Å². The van der Waals surface area contributed by atoms with E-state index in [0.717, 1.165) is 0 Å². The van der Waals surface area contributed by atoms with Crippen molar-refractivity contribution < 1.29 is 34.8 Å². The lowest BCUT2D eigenvalue weighted by atomic mass is 10.0. The van der Waals surface area contributed by atoms with Crippen molar-refractivity contribution in [2.45, 2.75) is 31.0 Å². The van der Waals surface area contributed by atoms with Crippen LogP contribution in [0.15, 0.2) is 28.9 Å². The lowest BCUT2D eigenvalue weighted by Crippen LogP contribution is -2.32. The van der Waals surface area contributed by atoms with Crippen molar-refractivity contribution in [2.24, 2.45) is 4.99 Å². The highest BCUT2D eigenvalue weighted by molar-refractivity contribution is 6.41. The van der Waals surface area contributed by atoms with Gasteiger partial charge in [0.25, 0.3) is 0 Å². The van der Waals surface area contributed by atoms with E-state index < -0.39 is 36.1 Å². The molecule has 2 aliphatic rings. The molecule has 0 radical (unpaired) electrons. The summed E-state index contributed by atoms with van der Waals surface area (Å²) in [5.74, 6) is -3.63. The van der Waals surface area contributed by atoms with Gasteiger partial charge in [0, 0.05) is 25.6 Å². The lowest BCUT2D eigenvalue weighted by molar-refractivity contribution is -0.141. The number of β-amino-alcohol motifs (C(OH)–C–C–N with tert-alkyl or cyclic N) is 1. The molecule has 0 aromatic heterocycles. The first-order valence-electron chi connectivity index (χ1n) is 6.87. The Morgan fingerprint density at radius 1 is 1.22 bits per heavy atom. The van der Waals surface area contributed by atoms with Crippen molar-refractivity contribution >= 4 is 23.6 Å². The Balaban J connectivity index is 2.18. The molecule has 0 saturated carbocycles. The Labute approximate surface area is 130 Å². The Bertz CT molecular complexity index is 623. The third kappa shape index (κ3) is 3.95. The molecule has 0 aliphatic carbocycles. The van der Waals surface area contributed by atoms with E-state index in [2.05, 4.69) is 4.99 Å². The molecule has 0 aromatic carbocycles. The molecular weight excluding hydrogens is 308 g/mol. The van der Waals surface area contributed by atoms with Gasteiger partial charge >= 0.3 is 17.9 Å². The van der Waals surface area contributed by atoms with E-state index >= 15 is 0 Å². The summed E-state index contributed by atoms with van der Waals surface area (Å²) in [4.78, 5) is 38.2. The van der Waals surface area contributed by atoms with Gasteiger partial charge in [0.2, 0.25) is 0 Å². The molecule has 0 bridgehead atoms. The molecule has 0 spiro atoms. The van der Waals surface area contributed by atoms with Crippen molar-refractivity contribution in [1.29, 1.82) is 0 Å². The van der Waals surface area contributed by atoms with Crippen LogP contribution in [0.1, 0.15) is 12.8 Å². The first-order chi connectivity index (χ1) is 10.8. The number of likely N-dealkylation sites (tertiary alicyclic amines) is 1. The summed E-state index contributed by atoms with van der Waals surface area (Å²) < 4.78 is 0. The van der Waals surface area contributed by atoms with Crippen molar-refractivity contribution in [1.82, 2.24) is 4.90 Å². The number of aliphatic carboxylic acids is 3. The van der Waals surface area contributed by atoms with Gasteiger partial charge in [-0.2, -0.15) is 0 Å². The Kier molecular flexibility index (Phi) is 4.80. The van der Waals surface area contributed by atoms with E-state index in [1.54, 1.807) is 0 Å². The second-order valence-electron chi connectivity index (χ2n) is 5.35. The average molecular weight is 324 g/mol. The molecule has 124 valence electrons. The van der Waals surface area contributed by atoms with Crippen LogP contribution in [0.4, 0.5) is 0 Å². The SMILES string of the molecule is O=C(O)C1=N[C@H](C(=O)O)CC(C=CN2C[C@H](O)C[C@H]2C(=O)O)=C1. The zero-order valence-corrected chi connectivity index (χ0v) is 12.0. The molecule has 3 atom stereocenters. The Morgan fingerprint density at radius 3 is 2.48 bits per heavy atom. The number of aliphatic imine (C=N–C) groups is 1. The number of carboxylic acids is 3. The molecule has 9 heteroatoms. The minimum atomic E-state index is -1.33. The molecule has 0 aromatic rings. The minimum Gasteiger partial charge on any atom is -0.480 e. The summed E-state index contributed by atoms with van der Waals surface area (Å²) in [6.45, 7) is 0.142. The van der Waals surface area contributed by atoms with Gasteiger partial charge in [0.1, 0.15) is 11.8 Å². The van der Waals surface area contributed by atoms with Crippen LogP contribution in [0.2, 0.25) is 0 Å². The maximum Gasteiger partial charge on any atom is 0.354 e. The number of carboxylic acid groups (broad SMARTS) is 3. The normalized spacial score (nSPS) is 27.7. The molecule has 2 heterocycles. The Morgan fingerprint density at radius 2 is 1.91 bits per heavy atom. The summed E-state index contributed by atoms with van der Waals surface area (Å²) in [6, 6.07) is -2.06. The first kappa shape index (κ1) is 16.7. The zero-order chi connectivity index (χ0) is 17.1. The largest absolute Gasteiger partial charge is 0.480 e. The van der Waals surface area contributed by atoms with Crippen molar-refractivity contribution in [3.63, 3.8) is 0 Å². The van der Waals surface area contributed by atoms with E-state index in [-0.39, 0.29) is 25.1 Å². The van der Waals surface area contributed by atoms with Crippen LogP contribution in [0.25, 0.3) is 0 Å². The topological polar surface area (TPSA) is 148 Å². The van der Waals surface area contributed by atoms with Gasteiger partial charge in [-0.1, -0.05) is 0 Å². The minimum absolute atomic E-state index is 0.0107. The van der Waals surface area contributed by atoms with Crippen LogP contribution in [0.3, 0.4) is 0 Å². The molecule has 0 amide bonds. The van der Waals surface area contributed by atoms with Crippen LogP contribution in [-0.4, -0.2) is 73.7 Å². The van der Waals surface area contributed by atoms with Crippen molar-refractivity contribution in [3.8, 4) is 0 Å². The quantitative estimate of drug-likeness (QED) is 0.520. The number of rotatable bonds is 5. The van der Waals surface area contributed by atoms with Crippen molar-refractivity contribution in [3.05, 3.63) is 23.9 Å². The fourth-order valence-electron chi connectivity index (χ4n) is 2.52. The summed E-state index contributed by atoms with van der Waals surface area (Å²) in [7, 11) is 0. The highest BCUT2D eigenvalue weighted by atomic mass is 16.4. The summed E-state index contributed by atoms with van der Waals surface area (Å²) >= 11 is 0. The number of aliphatic hydroxyl groups is 1. The monoisotopic (exact) mass is 324 g/mol. The maximum absolute atomic E-state index is 11.1. The lowest BCUT2D eigenvalue weighted by Gasteiger charge is -2.19. The average Bonchev–Trinajstić information content (AvgIpc) is 2.86. The molecule has 2 aliphatic heterocycles. The standard InChI is InChI=1S/C14H16N2O7/c17-8-5-11(14(22)23)16(6-8)2-1-7-3-9(12(18)19)15-10(4-7)13(20)21/h1-3,8,10-11,17H,4-6H2,(H,18,19)(H,20,21)(H,22,23)/t8-,10+,11+/m1/s1. The predicted octanol–water partition coefficient (Wildman–Crippen LogP) is -0.671. The number of aliphatic hydroxyl groups excluding tert-OH is 1. The van der Waals surface area contributed by atoms with Gasteiger partial charge in [0.15, 0.2) is 6.04 Å². The molecule has 1 fully saturated rings. The van der Waals surface area contributed by atoms with Gasteiger partial charge in [-0.15, -0.1) is 0 Å². The highest BCUT2D eigenvalue weighted by Crippen LogP contribution is 2.21. The van der Waals surface area contributed by atoms with Gasteiger partial charge in [-0.3, -0.25) is 4.99 Å². The fourth-order valence-corrected chi connectivity index (χ4v) is 2.52. The van der Waals surface area contributed by atoms with E-state index in [1.807, 2.05) is 0 Å². The number of dihydropyridines is 1. The number of hydrogen-bond donors (Lipinski definition) is 4. The second kappa shape index (κ2) is 6.61. The molecule has 0 unspecified atom stereocenters. The van der Waals surface area contributed by atoms with E-state index in [0.29, 0.717) is 5.57 Å². The number of allylic oxidation sites excluding steroid dienone is 1. The highest BCUT2D eigenvalue weighted by Gasteiger charge is 2.34. The summed E-state index contributed by atoms with van der Waals surface area (Å²) in [6.07, 6.45) is 3.49. The smallest absolute Gasteiger partial charge is 0.354 e. The van der Waals surface area contributed by atoms with E-state index in [4.69, 9.17) is 15.3 Å². The van der Waals surface area contributed by atoms with Crippen molar-refractivity contribution in [2.75, 3.05) is 6.54 Å². The van der Waals surface area contributed by atoms with Gasteiger partial charge in [-0.05, 0) is 17.7 Å². The van der Waals surface area contributed by atoms with Gasteiger partial charge < -0.3 is 25.3 Å². The Hall–Kier alpha value is -2.68. The predicted molar refractivity (Wildman–Crippen MR) is 77.1 cm³/mol. The number of carbonyl (C=O) groups is 3. The molecule has 23 heavy (non-hydrogen) atoms. The third-order valence-electron chi connectivity index (χ3n) is 3.63. The second-order valence-corrected chi connectivity index (χ2v) is 5.35. The molecular formula is C14H16N2O7. The van der Waals surface area contributed by atoms with Crippen LogP contribution in [0.5, 0.6) is 0 Å². The van der Waals surface area contributed by atoms with E-state index in [9.17, 15) is 19.5 Å². The van der Waals surface area contributed by atoms with Crippen LogP contribution in [0, 0.1) is 0 Å². The zero-order valence-electron chi connectivity index (χ0n) is 12.0. The van der Waals surface area contributed by atoms with Crippen LogP contribution in [-0.2, 0) is 14.4 Å². The molecule has 2 rings (SSSR count). The van der Waals surface area contributed by atoms with Gasteiger partial charge in [0.05, 0.1) is 6.10 Å². The van der Waals surface area contributed by atoms with Crippen LogP contribution < -0.4 is 0 Å². The maximum atomic E-state index is 11.1. The molecule has 9 nitrogen and oxygen atoms in total. The number of hydrogen-bond acceptors (Lipinski definition) is 6.